The lowest BCUT2D eigenvalue weighted by atomic mass is 9.93. The highest BCUT2D eigenvalue weighted by Crippen LogP contribution is 2.32. The average Bonchev–Trinajstić information content (AvgIpc) is 2.10. The van der Waals surface area contributed by atoms with E-state index in [0.29, 0.717) is 0 Å². The molecule has 8 heteroatoms. The molecule has 0 aliphatic carbocycles. The summed E-state index contributed by atoms with van der Waals surface area (Å²) in [5.74, 6) is -7.11. The maximum absolute atomic E-state index is 13.0. The molecule has 0 aromatic rings. The van der Waals surface area contributed by atoms with E-state index in [1.807, 2.05) is 0 Å². The Bertz CT molecular complexity index is 291. The van der Waals surface area contributed by atoms with Crippen molar-refractivity contribution < 1.29 is 31.9 Å². The Hall–Kier alpha value is -0.920. The fourth-order valence-corrected chi connectivity index (χ4v) is 1.61. The summed E-state index contributed by atoms with van der Waals surface area (Å²) in [5, 5.41) is 9.04. The van der Waals surface area contributed by atoms with Crippen LogP contribution in [-0.4, -0.2) is 47.2 Å². The molecular weight excluding hydrogens is 237 g/mol. The Labute approximate surface area is 87.8 Å². The number of halogens is 5. The van der Waals surface area contributed by atoms with Crippen LogP contribution < -0.4 is 0 Å². The summed E-state index contributed by atoms with van der Waals surface area (Å²) in [6.07, 6.45) is -7.19. The van der Waals surface area contributed by atoms with Gasteiger partial charge in [0.25, 0.3) is 5.92 Å². The van der Waals surface area contributed by atoms with E-state index in [2.05, 4.69) is 0 Å². The summed E-state index contributed by atoms with van der Waals surface area (Å²) in [6.45, 7) is -0.777. The molecule has 0 bridgehead atoms. The Morgan fingerprint density at radius 3 is 2.31 bits per heavy atom. The van der Waals surface area contributed by atoms with Crippen LogP contribution in [0.5, 0.6) is 0 Å². The Morgan fingerprint density at radius 1 is 1.44 bits per heavy atom. The second kappa shape index (κ2) is 3.83. The lowest BCUT2D eigenvalue weighted by Gasteiger charge is -2.39. The summed E-state index contributed by atoms with van der Waals surface area (Å²) in [7, 11) is 0. The van der Waals surface area contributed by atoms with Crippen molar-refractivity contribution in [1.29, 1.82) is 0 Å². The van der Waals surface area contributed by atoms with Crippen LogP contribution in [0.15, 0.2) is 0 Å². The number of aliphatic hydroxyl groups excluding tert-OH is 1. The number of carbonyl (C=O) groups is 1. The van der Waals surface area contributed by atoms with Crippen LogP contribution >= 0.6 is 0 Å². The number of likely N-dealkylation sites (tertiary alicyclic amines) is 1. The molecular formula is C8H10F5NO2. The van der Waals surface area contributed by atoms with Crippen molar-refractivity contribution in [3.63, 3.8) is 0 Å². The van der Waals surface area contributed by atoms with Crippen molar-refractivity contribution >= 4 is 5.91 Å². The van der Waals surface area contributed by atoms with Gasteiger partial charge >= 0.3 is 12.1 Å². The molecule has 1 N–H and O–H groups in total. The molecule has 1 rings (SSSR count). The van der Waals surface area contributed by atoms with Gasteiger partial charge in [0.2, 0.25) is 0 Å². The number of hydrogen-bond donors (Lipinski definition) is 1. The maximum Gasteiger partial charge on any atom is 0.471 e. The van der Waals surface area contributed by atoms with Gasteiger partial charge in [0, 0.05) is 12.5 Å². The van der Waals surface area contributed by atoms with E-state index in [0.717, 1.165) is 6.92 Å². The fourth-order valence-electron chi connectivity index (χ4n) is 1.61. The van der Waals surface area contributed by atoms with Crippen LogP contribution in [0, 0.1) is 5.92 Å². The minimum Gasteiger partial charge on any atom is -0.386 e. The molecule has 1 aliphatic rings. The molecule has 1 saturated heterocycles. The first kappa shape index (κ1) is 13.1. The third kappa shape index (κ3) is 2.42. The topological polar surface area (TPSA) is 40.5 Å². The van der Waals surface area contributed by atoms with Crippen molar-refractivity contribution in [2.45, 2.75) is 25.1 Å². The van der Waals surface area contributed by atoms with E-state index in [1.165, 1.54) is 0 Å². The molecule has 0 radical (unpaired) electrons. The molecule has 16 heavy (non-hydrogen) atoms. The van der Waals surface area contributed by atoms with Crippen LogP contribution in [0.2, 0.25) is 0 Å². The predicted molar refractivity (Wildman–Crippen MR) is 42.8 cm³/mol. The summed E-state index contributed by atoms with van der Waals surface area (Å²) >= 11 is 0. The van der Waals surface area contributed by atoms with Crippen molar-refractivity contribution in [2.24, 2.45) is 5.92 Å². The number of piperidine rings is 1. The van der Waals surface area contributed by atoms with Crippen LogP contribution in [0.3, 0.4) is 0 Å². The summed E-state index contributed by atoms with van der Waals surface area (Å²) in [5.41, 5.74) is 0. The smallest absolute Gasteiger partial charge is 0.386 e. The Morgan fingerprint density at radius 2 is 1.94 bits per heavy atom. The molecule has 0 spiro atoms. The second-order valence-electron chi connectivity index (χ2n) is 3.87. The number of carbonyl (C=O) groups excluding carboxylic acids is 1. The number of aliphatic hydroxyl groups is 1. The van der Waals surface area contributed by atoms with Crippen molar-refractivity contribution in [3.05, 3.63) is 0 Å². The quantitative estimate of drug-likeness (QED) is 0.649. The van der Waals surface area contributed by atoms with Gasteiger partial charge in [-0.15, -0.1) is 0 Å². The van der Waals surface area contributed by atoms with Gasteiger partial charge in [-0.1, -0.05) is 6.92 Å². The van der Waals surface area contributed by atoms with Crippen molar-refractivity contribution in [3.8, 4) is 0 Å². The fraction of sp³-hybridized carbons (Fsp3) is 0.875. The molecule has 0 aromatic carbocycles. The summed E-state index contributed by atoms with van der Waals surface area (Å²) in [6, 6.07) is 0. The molecule has 2 atom stereocenters. The highest BCUT2D eigenvalue weighted by atomic mass is 19.4. The van der Waals surface area contributed by atoms with E-state index < -0.39 is 43.1 Å². The number of hydrogen-bond acceptors (Lipinski definition) is 2. The third-order valence-corrected chi connectivity index (χ3v) is 2.41. The van der Waals surface area contributed by atoms with E-state index >= 15 is 0 Å². The lowest BCUT2D eigenvalue weighted by Crippen LogP contribution is -2.59. The molecule has 0 saturated carbocycles. The van der Waals surface area contributed by atoms with Crippen LogP contribution in [0.1, 0.15) is 6.92 Å². The molecule has 3 nitrogen and oxygen atoms in total. The van der Waals surface area contributed by atoms with Gasteiger partial charge in [0.15, 0.2) is 0 Å². The summed E-state index contributed by atoms with van der Waals surface area (Å²) < 4.78 is 62.1. The highest BCUT2D eigenvalue weighted by Gasteiger charge is 2.53. The number of rotatable bonds is 0. The van der Waals surface area contributed by atoms with E-state index in [4.69, 9.17) is 5.11 Å². The molecule has 2 unspecified atom stereocenters. The molecule has 1 amide bonds. The molecule has 1 aliphatic heterocycles. The maximum atomic E-state index is 13.0. The monoisotopic (exact) mass is 247 g/mol. The van der Waals surface area contributed by atoms with Gasteiger partial charge < -0.3 is 10.0 Å². The SMILES string of the molecule is CC1CN(C(=O)C(F)(F)F)CC(F)(F)C1O. The van der Waals surface area contributed by atoms with Crippen LogP contribution in [0.25, 0.3) is 0 Å². The third-order valence-electron chi connectivity index (χ3n) is 2.41. The standard InChI is InChI=1S/C8H10F5NO2/c1-4-2-14(6(16)8(11,12)13)3-7(9,10)5(4)15/h4-5,15H,2-3H2,1H3. The second-order valence-corrected chi connectivity index (χ2v) is 3.87. The van der Waals surface area contributed by atoms with Gasteiger partial charge in [0.1, 0.15) is 6.10 Å². The van der Waals surface area contributed by atoms with E-state index in [1.54, 1.807) is 0 Å². The van der Waals surface area contributed by atoms with Gasteiger partial charge in [-0.2, -0.15) is 13.2 Å². The van der Waals surface area contributed by atoms with E-state index in [9.17, 15) is 26.7 Å². The van der Waals surface area contributed by atoms with Gasteiger partial charge in [0.05, 0.1) is 6.54 Å². The lowest BCUT2D eigenvalue weighted by molar-refractivity contribution is -0.208. The van der Waals surface area contributed by atoms with Crippen molar-refractivity contribution in [1.82, 2.24) is 4.90 Å². The molecule has 94 valence electrons. The van der Waals surface area contributed by atoms with Crippen LogP contribution in [0.4, 0.5) is 22.0 Å². The van der Waals surface area contributed by atoms with Gasteiger partial charge in [-0.3, -0.25) is 4.79 Å². The minimum absolute atomic E-state index is 0.0252. The first-order valence-electron chi connectivity index (χ1n) is 4.47. The van der Waals surface area contributed by atoms with Crippen molar-refractivity contribution in [2.75, 3.05) is 13.1 Å². The average molecular weight is 247 g/mol. The zero-order valence-corrected chi connectivity index (χ0v) is 8.26. The van der Waals surface area contributed by atoms with Gasteiger partial charge in [-0.05, 0) is 0 Å². The number of nitrogens with zero attached hydrogens (tertiary/aromatic N) is 1. The largest absolute Gasteiger partial charge is 0.471 e. The highest BCUT2D eigenvalue weighted by molar-refractivity contribution is 5.82. The molecule has 0 aromatic heterocycles. The summed E-state index contributed by atoms with van der Waals surface area (Å²) in [4.78, 5) is 10.8. The molecule has 1 fully saturated rings. The van der Waals surface area contributed by atoms with Gasteiger partial charge in [-0.25, -0.2) is 8.78 Å². The first-order valence-corrected chi connectivity index (χ1v) is 4.47. The Kier molecular flexibility index (Phi) is 3.15. The molecule has 1 heterocycles. The minimum atomic E-state index is -5.17. The van der Waals surface area contributed by atoms with Crippen LogP contribution in [-0.2, 0) is 4.79 Å². The Balaban J connectivity index is 2.83. The number of amides is 1. The zero-order chi connectivity index (χ0) is 12.7. The normalized spacial score (nSPS) is 30.3. The number of alkyl halides is 5. The first-order chi connectivity index (χ1) is 7.05. The predicted octanol–water partition coefficient (Wildman–Crippen LogP) is 1.02. The van der Waals surface area contributed by atoms with E-state index in [-0.39, 0.29) is 4.90 Å². The zero-order valence-electron chi connectivity index (χ0n) is 8.26.